The van der Waals surface area contributed by atoms with Gasteiger partial charge in [-0.3, -0.25) is 10.1 Å². The summed E-state index contributed by atoms with van der Waals surface area (Å²) in [6.07, 6.45) is 0. The summed E-state index contributed by atoms with van der Waals surface area (Å²) in [6, 6.07) is 5.24. The fourth-order valence-electron chi connectivity index (χ4n) is 1.74. The maximum Gasteiger partial charge on any atom is 0.271 e. The zero-order valence-electron chi connectivity index (χ0n) is 8.73. The first kappa shape index (κ1) is 9.76. The van der Waals surface area contributed by atoms with Crippen LogP contribution in [0.2, 0.25) is 0 Å². The highest BCUT2D eigenvalue weighted by Crippen LogP contribution is 2.35. The SMILES string of the molecule is CC(C)N1CNc2ccc([N+](=O)[O-])cc21. The number of nitrogens with zero attached hydrogens (tertiary/aromatic N) is 2. The molecule has 0 fully saturated rings. The summed E-state index contributed by atoms with van der Waals surface area (Å²) in [5.41, 5.74) is 2.02. The normalized spacial score (nSPS) is 13.9. The lowest BCUT2D eigenvalue weighted by molar-refractivity contribution is -0.384. The topological polar surface area (TPSA) is 58.4 Å². The van der Waals surface area contributed by atoms with Crippen LogP contribution in [0.25, 0.3) is 0 Å². The minimum Gasteiger partial charge on any atom is -0.366 e. The number of hydrogen-bond donors (Lipinski definition) is 1. The molecule has 5 nitrogen and oxygen atoms in total. The van der Waals surface area contributed by atoms with Crippen LogP contribution in [0.4, 0.5) is 17.1 Å². The van der Waals surface area contributed by atoms with Crippen molar-refractivity contribution in [2.45, 2.75) is 19.9 Å². The van der Waals surface area contributed by atoms with E-state index < -0.39 is 0 Å². The van der Waals surface area contributed by atoms with E-state index in [1.54, 1.807) is 12.1 Å². The van der Waals surface area contributed by atoms with E-state index in [1.807, 2.05) is 0 Å². The summed E-state index contributed by atoms with van der Waals surface area (Å²) in [7, 11) is 0. The summed E-state index contributed by atoms with van der Waals surface area (Å²) in [5, 5.41) is 13.8. The van der Waals surface area contributed by atoms with E-state index >= 15 is 0 Å². The Kier molecular flexibility index (Phi) is 2.22. The fourth-order valence-corrected chi connectivity index (χ4v) is 1.74. The Morgan fingerprint density at radius 3 is 2.87 bits per heavy atom. The molecule has 0 bridgehead atoms. The standard InChI is InChI=1S/C10H13N3O2/c1-7(2)12-6-11-9-4-3-8(13(14)15)5-10(9)12/h3-5,7,11H,6H2,1-2H3. The molecule has 1 aliphatic heterocycles. The number of anilines is 2. The Balaban J connectivity index is 2.42. The van der Waals surface area contributed by atoms with Crippen LogP contribution in [-0.4, -0.2) is 17.6 Å². The number of hydrogen-bond acceptors (Lipinski definition) is 4. The van der Waals surface area contributed by atoms with Crippen molar-refractivity contribution >= 4 is 17.1 Å². The summed E-state index contributed by atoms with van der Waals surface area (Å²) in [4.78, 5) is 12.4. The zero-order valence-corrected chi connectivity index (χ0v) is 8.73. The van der Waals surface area contributed by atoms with Crippen LogP contribution in [0.5, 0.6) is 0 Å². The first-order valence-electron chi connectivity index (χ1n) is 4.88. The molecule has 80 valence electrons. The fraction of sp³-hybridized carbons (Fsp3) is 0.400. The minimum atomic E-state index is -0.364. The predicted molar refractivity (Wildman–Crippen MR) is 59.2 cm³/mol. The van der Waals surface area contributed by atoms with E-state index in [1.165, 1.54) is 6.07 Å². The molecule has 0 spiro atoms. The van der Waals surface area contributed by atoms with Gasteiger partial charge >= 0.3 is 0 Å². The highest BCUT2D eigenvalue weighted by molar-refractivity contribution is 5.77. The van der Waals surface area contributed by atoms with E-state index in [-0.39, 0.29) is 10.6 Å². The van der Waals surface area contributed by atoms with E-state index in [0.29, 0.717) is 12.7 Å². The molecule has 1 aromatic carbocycles. The van der Waals surface area contributed by atoms with Gasteiger partial charge in [0.2, 0.25) is 0 Å². The largest absolute Gasteiger partial charge is 0.366 e. The van der Waals surface area contributed by atoms with Crippen LogP contribution in [0.1, 0.15) is 13.8 Å². The van der Waals surface area contributed by atoms with Crippen molar-refractivity contribution in [3.63, 3.8) is 0 Å². The van der Waals surface area contributed by atoms with E-state index in [4.69, 9.17) is 0 Å². The summed E-state index contributed by atoms with van der Waals surface area (Å²) < 4.78 is 0. The van der Waals surface area contributed by atoms with Gasteiger partial charge < -0.3 is 10.2 Å². The molecule has 5 heteroatoms. The Labute approximate surface area is 87.8 Å². The minimum absolute atomic E-state index is 0.142. The summed E-state index contributed by atoms with van der Waals surface area (Å²) in [6.45, 7) is 4.85. The molecule has 1 aliphatic rings. The molecule has 1 heterocycles. The van der Waals surface area contributed by atoms with Crippen molar-refractivity contribution < 1.29 is 4.92 Å². The quantitative estimate of drug-likeness (QED) is 0.596. The van der Waals surface area contributed by atoms with Crippen molar-refractivity contribution in [3.8, 4) is 0 Å². The van der Waals surface area contributed by atoms with Crippen LogP contribution >= 0.6 is 0 Å². The van der Waals surface area contributed by atoms with Gasteiger partial charge in [0, 0.05) is 18.2 Å². The maximum atomic E-state index is 10.6. The van der Waals surface area contributed by atoms with Crippen LogP contribution in [0, 0.1) is 10.1 Å². The number of non-ortho nitro benzene ring substituents is 1. The Hall–Kier alpha value is -1.78. The van der Waals surface area contributed by atoms with Crippen molar-refractivity contribution in [2.75, 3.05) is 16.9 Å². The van der Waals surface area contributed by atoms with Gasteiger partial charge in [-0.25, -0.2) is 0 Å². The lowest BCUT2D eigenvalue weighted by Crippen LogP contribution is -2.30. The lowest BCUT2D eigenvalue weighted by Gasteiger charge is -2.22. The molecular weight excluding hydrogens is 194 g/mol. The third kappa shape index (κ3) is 1.60. The molecular formula is C10H13N3O2. The number of nitro groups is 1. The van der Waals surface area contributed by atoms with Crippen LogP contribution in [0.3, 0.4) is 0 Å². The van der Waals surface area contributed by atoms with Crippen LogP contribution < -0.4 is 10.2 Å². The average molecular weight is 207 g/mol. The number of nitrogens with one attached hydrogen (secondary N) is 1. The second-order valence-electron chi connectivity index (χ2n) is 3.86. The second kappa shape index (κ2) is 3.42. The molecule has 0 atom stereocenters. The molecule has 1 aromatic rings. The maximum absolute atomic E-state index is 10.6. The molecule has 2 rings (SSSR count). The van der Waals surface area contributed by atoms with Crippen molar-refractivity contribution in [2.24, 2.45) is 0 Å². The van der Waals surface area contributed by atoms with Gasteiger partial charge in [0.25, 0.3) is 5.69 Å². The molecule has 0 amide bonds. The molecule has 1 N–H and O–H groups in total. The molecule has 0 saturated heterocycles. The average Bonchev–Trinajstić information content (AvgIpc) is 2.59. The first-order valence-corrected chi connectivity index (χ1v) is 4.88. The third-order valence-corrected chi connectivity index (χ3v) is 2.56. The van der Waals surface area contributed by atoms with Gasteiger partial charge in [0.05, 0.1) is 23.0 Å². The second-order valence-corrected chi connectivity index (χ2v) is 3.86. The number of benzene rings is 1. The Bertz CT molecular complexity index is 404. The van der Waals surface area contributed by atoms with Crippen LogP contribution in [0.15, 0.2) is 18.2 Å². The Morgan fingerprint density at radius 2 is 2.27 bits per heavy atom. The van der Waals surface area contributed by atoms with Crippen molar-refractivity contribution in [1.82, 2.24) is 0 Å². The van der Waals surface area contributed by atoms with Crippen LogP contribution in [-0.2, 0) is 0 Å². The third-order valence-electron chi connectivity index (χ3n) is 2.56. The van der Waals surface area contributed by atoms with E-state index in [0.717, 1.165) is 11.4 Å². The lowest BCUT2D eigenvalue weighted by atomic mass is 10.2. The van der Waals surface area contributed by atoms with Gasteiger partial charge in [-0.05, 0) is 19.9 Å². The number of fused-ring (bicyclic) bond motifs is 1. The zero-order chi connectivity index (χ0) is 11.0. The molecule has 0 saturated carbocycles. The van der Waals surface area contributed by atoms with Crippen molar-refractivity contribution in [3.05, 3.63) is 28.3 Å². The van der Waals surface area contributed by atoms with Gasteiger partial charge in [-0.2, -0.15) is 0 Å². The van der Waals surface area contributed by atoms with Gasteiger partial charge in [0.15, 0.2) is 0 Å². The highest BCUT2D eigenvalue weighted by Gasteiger charge is 2.23. The highest BCUT2D eigenvalue weighted by atomic mass is 16.6. The number of nitro benzene ring substituents is 1. The monoisotopic (exact) mass is 207 g/mol. The van der Waals surface area contributed by atoms with E-state index in [2.05, 4.69) is 24.1 Å². The molecule has 0 radical (unpaired) electrons. The van der Waals surface area contributed by atoms with Gasteiger partial charge in [-0.1, -0.05) is 0 Å². The van der Waals surface area contributed by atoms with E-state index in [9.17, 15) is 10.1 Å². The first-order chi connectivity index (χ1) is 7.09. The molecule has 0 aliphatic carbocycles. The summed E-state index contributed by atoms with van der Waals surface area (Å²) >= 11 is 0. The molecule has 0 unspecified atom stereocenters. The van der Waals surface area contributed by atoms with Gasteiger partial charge in [0.1, 0.15) is 0 Å². The molecule has 15 heavy (non-hydrogen) atoms. The molecule has 0 aromatic heterocycles. The van der Waals surface area contributed by atoms with Crippen molar-refractivity contribution in [1.29, 1.82) is 0 Å². The van der Waals surface area contributed by atoms with Gasteiger partial charge in [-0.15, -0.1) is 0 Å². The smallest absolute Gasteiger partial charge is 0.271 e. The number of rotatable bonds is 2. The predicted octanol–water partition coefficient (Wildman–Crippen LogP) is 2.19. The Morgan fingerprint density at radius 1 is 1.53 bits per heavy atom. The summed E-state index contributed by atoms with van der Waals surface area (Å²) in [5.74, 6) is 0.